The Morgan fingerprint density at radius 2 is 1.93 bits per heavy atom. The number of carbonyl (C=O) groups excluding carboxylic acids is 2. The average molecular weight is 415 g/mol. The van der Waals surface area contributed by atoms with Gasteiger partial charge >= 0.3 is 0 Å². The van der Waals surface area contributed by atoms with E-state index >= 15 is 0 Å². The highest BCUT2D eigenvalue weighted by molar-refractivity contribution is 8.15. The number of halogens is 1. The van der Waals surface area contributed by atoms with E-state index < -0.39 is 5.25 Å². The molecule has 6 nitrogen and oxygen atoms in total. The molecule has 0 aliphatic carbocycles. The Labute approximate surface area is 173 Å². The molecule has 1 fully saturated rings. The Hall–Kier alpha value is -2.87. The van der Waals surface area contributed by atoms with Gasteiger partial charge in [-0.25, -0.2) is 9.38 Å². The number of thioether (sulfide) groups is 1. The Balaban J connectivity index is 1.89. The van der Waals surface area contributed by atoms with E-state index in [9.17, 15) is 14.0 Å². The highest BCUT2D eigenvalue weighted by Gasteiger charge is 2.35. The quantitative estimate of drug-likeness (QED) is 0.784. The molecule has 1 aliphatic heterocycles. The molecule has 8 heteroatoms. The first-order chi connectivity index (χ1) is 14.0. The maximum atomic E-state index is 13.2. The molecule has 0 bridgehead atoms. The predicted molar refractivity (Wildman–Crippen MR) is 112 cm³/mol. The van der Waals surface area contributed by atoms with Gasteiger partial charge in [-0.05, 0) is 48.9 Å². The first kappa shape index (κ1) is 20.9. The Morgan fingerprint density at radius 3 is 2.55 bits per heavy atom. The first-order valence-electron chi connectivity index (χ1n) is 9.22. The summed E-state index contributed by atoms with van der Waals surface area (Å²) in [6.07, 6.45) is 0.0924. The molecule has 1 atom stereocenters. The SMILES string of the molecule is CCNC(=O)[C@@H]1CC(=O)N(Cc2ccc(OC)cc2)C(=Nc2ccc(F)cc2)S1. The van der Waals surface area contributed by atoms with E-state index in [0.29, 0.717) is 23.9 Å². The van der Waals surface area contributed by atoms with Gasteiger partial charge in [0.25, 0.3) is 0 Å². The lowest BCUT2D eigenvalue weighted by Gasteiger charge is -2.31. The van der Waals surface area contributed by atoms with Gasteiger partial charge in [0.1, 0.15) is 11.6 Å². The highest BCUT2D eigenvalue weighted by Crippen LogP contribution is 2.30. The first-order valence-corrected chi connectivity index (χ1v) is 10.1. The lowest BCUT2D eigenvalue weighted by Crippen LogP contribution is -2.46. The standard InChI is InChI=1S/C21H22FN3O3S/c1-3-23-20(27)18-12-19(26)25(13-14-4-10-17(28-2)11-5-14)21(29-18)24-16-8-6-15(22)7-9-16/h4-11,18H,3,12-13H2,1-2H3,(H,23,27)/t18-/m0/s1. The molecule has 1 N–H and O–H groups in total. The van der Waals surface area contributed by atoms with Crippen molar-refractivity contribution < 1.29 is 18.7 Å². The molecule has 1 aliphatic rings. The van der Waals surface area contributed by atoms with E-state index in [1.54, 1.807) is 12.0 Å². The minimum absolute atomic E-state index is 0.0924. The molecule has 3 rings (SSSR count). The van der Waals surface area contributed by atoms with Crippen LogP contribution in [0.25, 0.3) is 0 Å². The molecule has 2 amide bonds. The zero-order valence-corrected chi connectivity index (χ0v) is 17.0. The van der Waals surface area contributed by atoms with Crippen LogP contribution in [0.3, 0.4) is 0 Å². The normalized spacial score (nSPS) is 18.0. The molecule has 0 unspecified atom stereocenters. The van der Waals surface area contributed by atoms with Crippen LogP contribution in [0, 0.1) is 5.82 Å². The summed E-state index contributed by atoms with van der Waals surface area (Å²) in [7, 11) is 1.59. The van der Waals surface area contributed by atoms with Crippen LogP contribution in [0.5, 0.6) is 5.75 Å². The molecule has 152 valence electrons. The van der Waals surface area contributed by atoms with Crippen molar-refractivity contribution >= 4 is 34.4 Å². The molecule has 1 saturated heterocycles. The summed E-state index contributed by atoms with van der Waals surface area (Å²) in [6.45, 7) is 2.64. The van der Waals surface area contributed by atoms with Gasteiger partial charge < -0.3 is 10.1 Å². The molecule has 2 aromatic carbocycles. The number of hydrogen-bond acceptors (Lipinski definition) is 5. The minimum Gasteiger partial charge on any atom is -0.497 e. The number of aliphatic imine (C=N–C) groups is 1. The van der Waals surface area contributed by atoms with Crippen molar-refractivity contribution in [2.45, 2.75) is 25.1 Å². The predicted octanol–water partition coefficient (Wildman–Crippen LogP) is 3.49. The second-order valence-electron chi connectivity index (χ2n) is 6.40. The molecule has 0 aromatic heterocycles. The number of nitrogens with one attached hydrogen (secondary N) is 1. The number of carbonyl (C=O) groups is 2. The van der Waals surface area contributed by atoms with Crippen molar-refractivity contribution in [3.05, 3.63) is 59.9 Å². The van der Waals surface area contributed by atoms with Crippen molar-refractivity contribution in [2.24, 2.45) is 4.99 Å². The third kappa shape index (κ3) is 5.35. The van der Waals surface area contributed by atoms with Crippen molar-refractivity contribution in [3.63, 3.8) is 0 Å². The number of amidine groups is 1. The van der Waals surface area contributed by atoms with Gasteiger partial charge in [0.2, 0.25) is 11.8 Å². The van der Waals surface area contributed by atoms with Gasteiger partial charge in [-0.1, -0.05) is 23.9 Å². The van der Waals surface area contributed by atoms with Crippen LogP contribution in [-0.4, -0.2) is 40.8 Å². The van der Waals surface area contributed by atoms with E-state index in [-0.39, 0.29) is 24.1 Å². The van der Waals surface area contributed by atoms with Crippen LogP contribution in [0.1, 0.15) is 18.9 Å². The Morgan fingerprint density at radius 1 is 1.24 bits per heavy atom. The summed E-state index contributed by atoms with van der Waals surface area (Å²) in [5, 5.41) is 2.63. The molecule has 1 heterocycles. The molecule has 0 saturated carbocycles. The number of amides is 2. The number of nitrogens with zero attached hydrogens (tertiary/aromatic N) is 2. The largest absolute Gasteiger partial charge is 0.497 e. The number of rotatable bonds is 6. The van der Waals surface area contributed by atoms with Crippen LogP contribution < -0.4 is 10.1 Å². The molecule has 2 aromatic rings. The van der Waals surface area contributed by atoms with Gasteiger partial charge in [-0.2, -0.15) is 0 Å². The molecule has 0 spiro atoms. The fraction of sp³-hybridized carbons (Fsp3) is 0.286. The van der Waals surface area contributed by atoms with Gasteiger partial charge in [-0.3, -0.25) is 14.5 Å². The average Bonchev–Trinajstić information content (AvgIpc) is 2.72. The number of methoxy groups -OCH3 is 1. The van der Waals surface area contributed by atoms with E-state index in [0.717, 1.165) is 11.3 Å². The van der Waals surface area contributed by atoms with Crippen LogP contribution >= 0.6 is 11.8 Å². The van der Waals surface area contributed by atoms with E-state index in [1.807, 2.05) is 31.2 Å². The van der Waals surface area contributed by atoms with Crippen LogP contribution in [-0.2, 0) is 16.1 Å². The molecule has 0 radical (unpaired) electrons. The Bertz CT molecular complexity index is 900. The monoisotopic (exact) mass is 415 g/mol. The van der Waals surface area contributed by atoms with Crippen LogP contribution in [0.2, 0.25) is 0 Å². The van der Waals surface area contributed by atoms with Crippen molar-refractivity contribution in [1.82, 2.24) is 10.2 Å². The number of hydrogen-bond donors (Lipinski definition) is 1. The number of benzene rings is 2. The second kappa shape index (κ2) is 9.56. The maximum Gasteiger partial charge on any atom is 0.234 e. The maximum absolute atomic E-state index is 13.2. The Kier molecular flexibility index (Phi) is 6.87. The fourth-order valence-electron chi connectivity index (χ4n) is 2.82. The van der Waals surface area contributed by atoms with Gasteiger partial charge in [0, 0.05) is 13.0 Å². The molecular weight excluding hydrogens is 393 g/mol. The lowest BCUT2D eigenvalue weighted by atomic mass is 10.2. The summed E-state index contributed by atoms with van der Waals surface area (Å²) >= 11 is 1.24. The fourth-order valence-corrected chi connectivity index (χ4v) is 3.95. The van der Waals surface area contributed by atoms with Crippen molar-refractivity contribution in [1.29, 1.82) is 0 Å². The summed E-state index contributed by atoms with van der Waals surface area (Å²) in [5.41, 5.74) is 1.42. The summed E-state index contributed by atoms with van der Waals surface area (Å²) in [5.74, 6) is -0.0142. The minimum atomic E-state index is -0.547. The number of ether oxygens (including phenoxy) is 1. The third-order valence-electron chi connectivity index (χ3n) is 4.33. The van der Waals surface area contributed by atoms with Gasteiger partial charge in [-0.15, -0.1) is 0 Å². The van der Waals surface area contributed by atoms with E-state index in [4.69, 9.17) is 4.74 Å². The lowest BCUT2D eigenvalue weighted by molar-refractivity contribution is -0.130. The van der Waals surface area contributed by atoms with Crippen molar-refractivity contribution in [2.75, 3.05) is 13.7 Å². The smallest absolute Gasteiger partial charge is 0.234 e. The van der Waals surface area contributed by atoms with Crippen LogP contribution in [0.4, 0.5) is 10.1 Å². The van der Waals surface area contributed by atoms with E-state index in [2.05, 4.69) is 10.3 Å². The van der Waals surface area contributed by atoms with Gasteiger partial charge in [0.05, 0.1) is 24.6 Å². The summed E-state index contributed by atoms with van der Waals surface area (Å²) < 4.78 is 18.4. The molecular formula is C21H22FN3O3S. The summed E-state index contributed by atoms with van der Waals surface area (Å²) in [6, 6.07) is 13.1. The van der Waals surface area contributed by atoms with Crippen molar-refractivity contribution in [3.8, 4) is 5.75 Å². The zero-order chi connectivity index (χ0) is 20.8. The zero-order valence-electron chi connectivity index (χ0n) is 16.2. The summed E-state index contributed by atoms with van der Waals surface area (Å²) in [4.78, 5) is 31.3. The van der Waals surface area contributed by atoms with E-state index in [1.165, 1.54) is 36.0 Å². The second-order valence-corrected chi connectivity index (χ2v) is 7.57. The van der Waals surface area contributed by atoms with Gasteiger partial charge in [0.15, 0.2) is 5.17 Å². The third-order valence-corrected chi connectivity index (χ3v) is 5.52. The molecule has 29 heavy (non-hydrogen) atoms. The topological polar surface area (TPSA) is 71.0 Å². The highest BCUT2D eigenvalue weighted by atomic mass is 32.2. The van der Waals surface area contributed by atoms with Crippen LogP contribution in [0.15, 0.2) is 53.5 Å².